The lowest BCUT2D eigenvalue weighted by atomic mass is 9.95. The largest absolute Gasteiger partial charge is 0.466 e. The molecule has 5 nitrogen and oxygen atoms in total. The molecule has 1 aliphatic rings. The van der Waals surface area contributed by atoms with E-state index in [0.29, 0.717) is 6.61 Å². The van der Waals surface area contributed by atoms with Crippen LogP contribution in [0.1, 0.15) is 45.1 Å². The second kappa shape index (κ2) is 8.56. The van der Waals surface area contributed by atoms with Crippen LogP contribution in [-0.4, -0.2) is 35.7 Å². The van der Waals surface area contributed by atoms with E-state index in [1.54, 1.807) is 11.8 Å². The van der Waals surface area contributed by atoms with Crippen molar-refractivity contribution in [2.24, 2.45) is 0 Å². The molecule has 5 heteroatoms. The van der Waals surface area contributed by atoms with Gasteiger partial charge in [0.1, 0.15) is 6.61 Å². The topological polar surface area (TPSA) is 55.8 Å². The minimum absolute atomic E-state index is 0.0754. The highest BCUT2D eigenvalue weighted by molar-refractivity contribution is 5.73. The molecular weight excluding hydrogens is 294 g/mol. The number of esters is 1. The second-order valence-corrected chi connectivity index (χ2v) is 5.89. The van der Waals surface area contributed by atoms with Crippen molar-refractivity contribution in [3.63, 3.8) is 0 Å². The lowest BCUT2D eigenvalue weighted by Crippen LogP contribution is -2.49. The fourth-order valence-electron chi connectivity index (χ4n) is 3.02. The van der Waals surface area contributed by atoms with E-state index < -0.39 is 0 Å². The summed E-state index contributed by atoms with van der Waals surface area (Å²) in [5.41, 5.74) is 0.951. The summed E-state index contributed by atoms with van der Waals surface area (Å²) in [5.74, 6) is -0.257. The standard InChI is InChI=1S/C18H25NO4/c1-3-22-17(20)12-16-11-7-8-14(2)19(16)18(21)23-13-15-9-5-4-6-10-15/h4-6,9-10,14,16H,3,7-8,11-13H2,1-2H3. The fraction of sp³-hybridized carbons (Fsp3) is 0.556. The molecule has 23 heavy (non-hydrogen) atoms. The molecule has 1 saturated heterocycles. The van der Waals surface area contributed by atoms with Crippen molar-refractivity contribution >= 4 is 12.1 Å². The third-order valence-corrected chi connectivity index (χ3v) is 4.15. The Bertz CT molecular complexity index is 517. The molecule has 0 aliphatic carbocycles. The predicted molar refractivity (Wildman–Crippen MR) is 86.8 cm³/mol. The molecule has 0 radical (unpaired) electrons. The number of hydrogen-bond acceptors (Lipinski definition) is 4. The van der Waals surface area contributed by atoms with Gasteiger partial charge in [-0.15, -0.1) is 0 Å². The highest BCUT2D eigenvalue weighted by Gasteiger charge is 2.34. The van der Waals surface area contributed by atoms with Gasteiger partial charge in [0.25, 0.3) is 0 Å². The maximum absolute atomic E-state index is 12.5. The van der Waals surface area contributed by atoms with Gasteiger partial charge in [0.15, 0.2) is 0 Å². The smallest absolute Gasteiger partial charge is 0.410 e. The van der Waals surface area contributed by atoms with Gasteiger partial charge in [-0.25, -0.2) is 4.79 Å². The molecule has 1 aromatic carbocycles. The third kappa shape index (κ3) is 4.98. The number of benzene rings is 1. The Hall–Kier alpha value is -2.04. The Kier molecular flexibility index (Phi) is 6.44. The van der Waals surface area contributed by atoms with E-state index in [1.807, 2.05) is 37.3 Å². The number of piperidine rings is 1. The normalized spacial score (nSPS) is 20.9. The molecule has 0 spiro atoms. The summed E-state index contributed by atoms with van der Waals surface area (Å²) in [7, 11) is 0. The van der Waals surface area contributed by atoms with Crippen molar-refractivity contribution in [3.8, 4) is 0 Å². The van der Waals surface area contributed by atoms with Crippen molar-refractivity contribution in [1.82, 2.24) is 4.90 Å². The van der Waals surface area contributed by atoms with Crippen LogP contribution in [0.5, 0.6) is 0 Å². The highest BCUT2D eigenvalue weighted by Crippen LogP contribution is 2.26. The van der Waals surface area contributed by atoms with Crippen molar-refractivity contribution in [2.45, 2.75) is 58.2 Å². The van der Waals surface area contributed by atoms with Crippen molar-refractivity contribution in [3.05, 3.63) is 35.9 Å². The number of amides is 1. The van der Waals surface area contributed by atoms with Gasteiger partial charge in [-0.1, -0.05) is 30.3 Å². The molecule has 0 saturated carbocycles. The zero-order valence-corrected chi connectivity index (χ0v) is 13.9. The van der Waals surface area contributed by atoms with Crippen LogP contribution >= 0.6 is 0 Å². The summed E-state index contributed by atoms with van der Waals surface area (Å²) in [5, 5.41) is 0. The predicted octanol–water partition coefficient (Wildman–Crippen LogP) is 3.52. The van der Waals surface area contributed by atoms with Gasteiger partial charge < -0.3 is 14.4 Å². The number of ether oxygens (including phenoxy) is 2. The van der Waals surface area contributed by atoms with E-state index in [9.17, 15) is 9.59 Å². The van der Waals surface area contributed by atoms with Crippen LogP contribution in [0.3, 0.4) is 0 Å². The number of carbonyl (C=O) groups excluding carboxylic acids is 2. The molecule has 2 rings (SSSR count). The van der Waals surface area contributed by atoms with Crippen molar-refractivity contribution in [2.75, 3.05) is 6.61 Å². The molecule has 1 aromatic rings. The molecule has 0 aromatic heterocycles. The molecular formula is C18H25NO4. The monoisotopic (exact) mass is 319 g/mol. The molecule has 1 amide bonds. The number of hydrogen-bond donors (Lipinski definition) is 0. The van der Waals surface area contributed by atoms with E-state index in [2.05, 4.69) is 0 Å². The first kappa shape index (κ1) is 17.3. The lowest BCUT2D eigenvalue weighted by Gasteiger charge is -2.39. The molecule has 0 bridgehead atoms. The Balaban J connectivity index is 1.96. The van der Waals surface area contributed by atoms with E-state index in [1.165, 1.54) is 0 Å². The summed E-state index contributed by atoms with van der Waals surface area (Å²) in [6, 6.07) is 9.53. The molecule has 0 N–H and O–H groups in total. The van der Waals surface area contributed by atoms with E-state index in [4.69, 9.17) is 9.47 Å². The average Bonchev–Trinajstić information content (AvgIpc) is 2.54. The zero-order valence-electron chi connectivity index (χ0n) is 13.9. The van der Waals surface area contributed by atoms with Gasteiger partial charge in [-0.2, -0.15) is 0 Å². The fourth-order valence-corrected chi connectivity index (χ4v) is 3.02. The van der Waals surface area contributed by atoms with Gasteiger partial charge in [-0.05, 0) is 38.7 Å². The van der Waals surface area contributed by atoms with E-state index in [-0.39, 0.29) is 37.2 Å². The first-order chi connectivity index (χ1) is 11.1. The summed E-state index contributed by atoms with van der Waals surface area (Å²) in [6.45, 7) is 4.39. The van der Waals surface area contributed by atoms with Crippen LogP contribution in [0, 0.1) is 0 Å². The van der Waals surface area contributed by atoms with Crippen molar-refractivity contribution in [1.29, 1.82) is 0 Å². The van der Waals surface area contributed by atoms with Crippen LogP contribution in [0.25, 0.3) is 0 Å². The van der Waals surface area contributed by atoms with E-state index >= 15 is 0 Å². The van der Waals surface area contributed by atoms with E-state index in [0.717, 1.165) is 24.8 Å². The highest BCUT2D eigenvalue weighted by atomic mass is 16.6. The Labute approximate surface area is 137 Å². The average molecular weight is 319 g/mol. The molecule has 2 atom stereocenters. The molecule has 126 valence electrons. The lowest BCUT2D eigenvalue weighted by molar-refractivity contribution is -0.144. The number of likely N-dealkylation sites (tertiary alicyclic amines) is 1. The van der Waals surface area contributed by atoms with Crippen molar-refractivity contribution < 1.29 is 19.1 Å². The SMILES string of the molecule is CCOC(=O)CC1CCCC(C)N1C(=O)OCc1ccccc1. The van der Waals surface area contributed by atoms with Crippen LogP contribution in [0.2, 0.25) is 0 Å². The van der Waals surface area contributed by atoms with Gasteiger partial charge in [0, 0.05) is 12.1 Å². The quantitative estimate of drug-likeness (QED) is 0.779. The second-order valence-electron chi connectivity index (χ2n) is 5.89. The summed E-state index contributed by atoms with van der Waals surface area (Å²) < 4.78 is 10.5. The van der Waals surface area contributed by atoms with Crippen LogP contribution in [0.4, 0.5) is 4.79 Å². The Morgan fingerprint density at radius 3 is 2.61 bits per heavy atom. The zero-order chi connectivity index (χ0) is 16.7. The molecule has 1 heterocycles. The Morgan fingerprint density at radius 1 is 1.17 bits per heavy atom. The number of rotatable bonds is 5. The van der Waals surface area contributed by atoms with Gasteiger partial charge in [0.05, 0.1) is 13.0 Å². The van der Waals surface area contributed by atoms with Gasteiger partial charge >= 0.3 is 12.1 Å². The minimum atomic E-state index is -0.352. The third-order valence-electron chi connectivity index (χ3n) is 4.15. The van der Waals surface area contributed by atoms with Crippen LogP contribution < -0.4 is 0 Å². The molecule has 1 aliphatic heterocycles. The minimum Gasteiger partial charge on any atom is -0.466 e. The summed E-state index contributed by atoms with van der Waals surface area (Å²) in [6.07, 6.45) is 2.63. The first-order valence-corrected chi connectivity index (χ1v) is 8.26. The number of carbonyl (C=O) groups is 2. The van der Waals surface area contributed by atoms with Crippen LogP contribution in [-0.2, 0) is 20.9 Å². The first-order valence-electron chi connectivity index (χ1n) is 8.26. The summed E-state index contributed by atoms with van der Waals surface area (Å²) >= 11 is 0. The maximum atomic E-state index is 12.5. The van der Waals surface area contributed by atoms with Crippen LogP contribution in [0.15, 0.2) is 30.3 Å². The van der Waals surface area contributed by atoms with Gasteiger partial charge in [0.2, 0.25) is 0 Å². The summed E-state index contributed by atoms with van der Waals surface area (Å²) in [4.78, 5) is 26.0. The van der Waals surface area contributed by atoms with Gasteiger partial charge in [-0.3, -0.25) is 4.79 Å². The maximum Gasteiger partial charge on any atom is 0.410 e. The number of nitrogens with zero attached hydrogens (tertiary/aromatic N) is 1. The molecule has 2 unspecified atom stereocenters. The molecule has 1 fully saturated rings. The Morgan fingerprint density at radius 2 is 1.91 bits per heavy atom.